The van der Waals surface area contributed by atoms with Crippen molar-refractivity contribution in [3.05, 3.63) is 36.4 Å². The molecule has 0 saturated carbocycles. The van der Waals surface area contributed by atoms with Gasteiger partial charge in [-0.15, -0.1) is 0 Å². The highest BCUT2D eigenvalue weighted by Gasteiger charge is 1.89. The molecule has 0 bridgehead atoms. The topological polar surface area (TPSA) is 35.2 Å². The van der Waals surface area contributed by atoms with E-state index in [0.717, 1.165) is 11.3 Å². The number of methoxy groups -OCH3 is 1. The van der Waals surface area contributed by atoms with Crippen LogP contribution in [0.25, 0.3) is 0 Å². The Bertz CT molecular complexity index is 170. The average Bonchev–Trinajstić information content (AvgIpc) is 2.05. The predicted octanol–water partition coefficient (Wildman–Crippen LogP) is 1.16. The van der Waals surface area contributed by atoms with Crippen LogP contribution < -0.4 is 10.5 Å². The molecule has 0 heterocycles. The first-order chi connectivity index (χ1) is 4.86. The fourth-order valence-corrected chi connectivity index (χ4v) is 0.715. The molecule has 1 aromatic rings. The molecule has 0 atom stereocenters. The van der Waals surface area contributed by atoms with E-state index >= 15 is 0 Å². The molecule has 1 rings (SSSR count). The minimum Gasteiger partial charge on any atom is -0.497 e. The van der Waals surface area contributed by atoms with Crippen LogP contribution in [0.5, 0.6) is 5.75 Å². The zero-order chi connectivity index (χ0) is 7.40. The molecule has 0 spiro atoms. The lowest BCUT2D eigenvalue weighted by atomic mass is 10.2. The third-order valence-electron chi connectivity index (χ3n) is 1.31. The molecular weight excluding hydrogens is 126 g/mol. The monoisotopic (exact) mass is 136 g/mol. The first kappa shape index (κ1) is 7.09. The summed E-state index contributed by atoms with van der Waals surface area (Å²) in [7, 11) is 1.64. The van der Waals surface area contributed by atoms with E-state index in [4.69, 9.17) is 10.5 Å². The number of hydrogen-bond acceptors (Lipinski definition) is 2. The average molecular weight is 136 g/mol. The minimum absolute atomic E-state index is 0.852. The number of nitrogens with two attached hydrogens (primary N) is 1. The molecule has 10 heavy (non-hydrogen) atoms. The third kappa shape index (κ3) is 1.48. The van der Waals surface area contributed by atoms with Crippen LogP contribution in [0.3, 0.4) is 0 Å². The van der Waals surface area contributed by atoms with Crippen molar-refractivity contribution in [1.29, 1.82) is 0 Å². The molecule has 0 aromatic heterocycles. The highest BCUT2D eigenvalue weighted by molar-refractivity contribution is 5.30. The fraction of sp³-hybridized carbons (Fsp3) is 0.125. The Labute approximate surface area is 60.6 Å². The number of benzene rings is 1. The molecule has 2 heteroatoms. The molecule has 2 N–H and O–H groups in total. The largest absolute Gasteiger partial charge is 0.497 e. The summed E-state index contributed by atoms with van der Waals surface area (Å²) in [6.07, 6.45) is 0. The maximum Gasteiger partial charge on any atom is 0.118 e. The second kappa shape index (κ2) is 3.22. The van der Waals surface area contributed by atoms with Gasteiger partial charge in [0.25, 0.3) is 0 Å². The van der Waals surface area contributed by atoms with Crippen LogP contribution in [0.4, 0.5) is 0 Å². The van der Waals surface area contributed by atoms with Crippen LogP contribution >= 0.6 is 0 Å². The Balaban J connectivity index is 2.80. The van der Waals surface area contributed by atoms with Crippen molar-refractivity contribution in [3.63, 3.8) is 0 Å². The third-order valence-corrected chi connectivity index (χ3v) is 1.31. The van der Waals surface area contributed by atoms with E-state index < -0.39 is 0 Å². The summed E-state index contributed by atoms with van der Waals surface area (Å²) in [5.41, 5.74) is 6.28. The lowest BCUT2D eigenvalue weighted by molar-refractivity contribution is 0.414. The summed E-state index contributed by atoms with van der Waals surface area (Å²) in [5.74, 6) is 0.852. The van der Waals surface area contributed by atoms with E-state index in [-0.39, 0.29) is 0 Å². The molecule has 0 unspecified atom stereocenters. The van der Waals surface area contributed by atoms with Gasteiger partial charge >= 0.3 is 0 Å². The molecule has 53 valence electrons. The standard InChI is InChI=1S/C8H10NO/c1-10-8-4-2-7(6-9)3-5-8/h2-6H,9H2,1H3. The number of ether oxygens (including phenoxy) is 1. The summed E-state index contributed by atoms with van der Waals surface area (Å²) < 4.78 is 4.96. The molecule has 0 fully saturated rings. The first-order valence-corrected chi connectivity index (χ1v) is 3.06. The van der Waals surface area contributed by atoms with E-state index in [2.05, 4.69) is 0 Å². The van der Waals surface area contributed by atoms with Gasteiger partial charge in [0.1, 0.15) is 5.75 Å². The molecule has 0 aliphatic rings. The van der Waals surface area contributed by atoms with Gasteiger partial charge in [-0.25, -0.2) is 0 Å². The van der Waals surface area contributed by atoms with Gasteiger partial charge in [0, 0.05) is 6.54 Å². The molecule has 0 aliphatic heterocycles. The quantitative estimate of drug-likeness (QED) is 0.662. The molecule has 0 amide bonds. The summed E-state index contributed by atoms with van der Waals surface area (Å²) in [5, 5.41) is 0. The zero-order valence-electron chi connectivity index (χ0n) is 5.87. The number of hydrogen-bond donors (Lipinski definition) is 1. The first-order valence-electron chi connectivity index (χ1n) is 3.06. The lowest BCUT2D eigenvalue weighted by Crippen LogP contribution is -1.91. The van der Waals surface area contributed by atoms with Crippen LogP contribution in [-0.4, -0.2) is 7.11 Å². The SMILES string of the molecule is COc1ccc([CH]N)cc1. The molecule has 2 nitrogen and oxygen atoms in total. The maximum absolute atomic E-state index is 5.28. The second-order valence-electron chi connectivity index (χ2n) is 1.94. The highest BCUT2D eigenvalue weighted by Crippen LogP contribution is 2.10. The van der Waals surface area contributed by atoms with E-state index in [0.29, 0.717) is 0 Å². The Morgan fingerprint density at radius 1 is 1.30 bits per heavy atom. The van der Waals surface area contributed by atoms with E-state index in [9.17, 15) is 0 Å². The highest BCUT2D eigenvalue weighted by atomic mass is 16.5. The van der Waals surface area contributed by atoms with Crippen LogP contribution in [0, 0.1) is 6.54 Å². The van der Waals surface area contributed by atoms with Gasteiger partial charge < -0.3 is 10.5 Å². The van der Waals surface area contributed by atoms with Crippen molar-refractivity contribution in [1.82, 2.24) is 0 Å². The van der Waals surface area contributed by atoms with Crippen molar-refractivity contribution < 1.29 is 4.74 Å². The summed E-state index contributed by atoms with van der Waals surface area (Å²) in [6, 6.07) is 7.55. The minimum atomic E-state index is 0.852. The van der Waals surface area contributed by atoms with Crippen LogP contribution in [-0.2, 0) is 0 Å². The van der Waals surface area contributed by atoms with Gasteiger partial charge in [-0.2, -0.15) is 0 Å². The lowest BCUT2D eigenvalue weighted by Gasteiger charge is -1.98. The predicted molar refractivity (Wildman–Crippen MR) is 40.6 cm³/mol. The molecule has 0 saturated heterocycles. The van der Waals surface area contributed by atoms with Gasteiger partial charge in [-0.1, -0.05) is 12.1 Å². The Morgan fingerprint density at radius 2 is 1.90 bits per heavy atom. The normalized spacial score (nSPS) is 9.40. The van der Waals surface area contributed by atoms with Gasteiger partial charge in [0.05, 0.1) is 7.11 Å². The van der Waals surface area contributed by atoms with Gasteiger partial charge in [0.15, 0.2) is 0 Å². The van der Waals surface area contributed by atoms with Crippen molar-refractivity contribution >= 4 is 0 Å². The summed E-state index contributed by atoms with van der Waals surface area (Å²) in [6.45, 7) is 1.56. The van der Waals surface area contributed by atoms with Crippen molar-refractivity contribution in [2.75, 3.05) is 7.11 Å². The Hall–Kier alpha value is -1.02. The Morgan fingerprint density at radius 3 is 2.30 bits per heavy atom. The van der Waals surface area contributed by atoms with Crippen molar-refractivity contribution in [2.45, 2.75) is 0 Å². The molecule has 1 aromatic carbocycles. The smallest absolute Gasteiger partial charge is 0.118 e. The Kier molecular flexibility index (Phi) is 2.29. The van der Waals surface area contributed by atoms with Crippen molar-refractivity contribution in [2.24, 2.45) is 5.73 Å². The van der Waals surface area contributed by atoms with Crippen molar-refractivity contribution in [3.8, 4) is 5.75 Å². The van der Waals surface area contributed by atoms with Gasteiger partial charge in [0.2, 0.25) is 0 Å². The van der Waals surface area contributed by atoms with Crippen LogP contribution in [0.2, 0.25) is 0 Å². The van der Waals surface area contributed by atoms with E-state index in [1.165, 1.54) is 0 Å². The number of rotatable bonds is 2. The van der Waals surface area contributed by atoms with Crippen LogP contribution in [0.1, 0.15) is 5.56 Å². The zero-order valence-corrected chi connectivity index (χ0v) is 5.87. The summed E-state index contributed by atoms with van der Waals surface area (Å²) >= 11 is 0. The fourth-order valence-electron chi connectivity index (χ4n) is 0.715. The van der Waals surface area contributed by atoms with E-state index in [1.54, 1.807) is 13.7 Å². The maximum atomic E-state index is 5.28. The second-order valence-corrected chi connectivity index (χ2v) is 1.94. The van der Waals surface area contributed by atoms with Crippen LogP contribution in [0.15, 0.2) is 24.3 Å². The molecule has 1 radical (unpaired) electrons. The molecular formula is C8H10NO. The summed E-state index contributed by atoms with van der Waals surface area (Å²) in [4.78, 5) is 0. The van der Waals surface area contributed by atoms with Gasteiger partial charge in [-0.3, -0.25) is 0 Å². The molecule has 0 aliphatic carbocycles. The van der Waals surface area contributed by atoms with Gasteiger partial charge in [-0.05, 0) is 17.7 Å². The van der Waals surface area contributed by atoms with E-state index in [1.807, 2.05) is 24.3 Å².